The Morgan fingerprint density at radius 3 is 2.38 bits per heavy atom. The second-order valence-corrected chi connectivity index (χ2v) is 9.73. The Balaban J connectivity index is 1.35. The molecule has 1 unspecified atom stereocenters. The number of aromatic nitrogens is 3. The lowest BCUT2D eigenvalue weighted by Crippen LogP contribution is -2.45. The molecule has 0 bridgehead atoms. The molecule has 39 heavy (non-hydrogen) atoms. The van der Waals surface area contributed by atoms with Gasteiger partial charge < -0.3 is 15.5 Å². The van der Waals surface area contributed by atoms with Crippen molar-refractivity contribution in [2.75, 3.05) is 50.7 Å². The third-order valence-electron chi connectivity index (χ3n) is 7.14. The number of alkyl halides is 5. The Labute approximate surface area is 221 Å². The highest BCUT2D eigenvalue weighted by Gasteiger charge is 2.38. The minimum atomic E-state index is -4.71. The molecule has 3 aromatic rings. The van der Waals surface area contributed by atoms with Crippen LogP contribution in [0.3, 0.4) is 0 Å². The predicted octanol–water partition coefficient (Wildman–Crippen LogP) is 3.66. The van der Waals surface area contributed by atoms with Crippen molar-refractivity contribution in [3.63, 3.8) is 0 Å². The third-order valence-corrected chi connectivity index (χ3v) is 7.14. The summed E-state index contributed by atoms with van der Waals surface area (Å²) in [6.45, 7) is 3.39. The minimum Gasteiger partial charge on any atom is -0.354 e. The lowest BCUT2D eigenvalue weighted by atomic mass is 10.0. The zero-order valence-electron chi connectivity index (χ0n) is 21.0. The number of hydrogen-bond donors (Lipinski definition) is 2. The Bertz CT molecular complexity index is 1300. The first kappa shape index (κ1) is 27.1. The molecule has 0 radical (unpaired) electrons. The monoisotopic (exact) mass is 549 g/mol. The van der Waals surface area contributed by atoms with Gasteiger partial charge in [-0.25, -0.2) is 23.7 Å². The van der Waals surface area contributed by atoms with Gasteiger partial charge in [-0.1, -0.05) is 6.07 Å². The number of piperazine rings is 1. The van der Waals surface area contributed by atoms with Crippen LogP contribution in [0.1, 0.15) is 40.6 Å². The number of rotatable bonds is 6. The van der Waals surface area contributed by atoms with Gasteiger partial charge in [-0.2, -0.15) is 13.2 Å². The highest BCUT2D eigenvalue weighted by atomic mass is 19.4. The van der Waals surface area contributed by atoms with Gasteiger partial charge in [-0.3, -0.25) is 9.69 Å². The van der Waals surface area contributed by atoms with E-state index in [1.165, 1.54) is 0 Å². The van der Waals surface area contributed by atoms with E-state index in [0.29, 0.717) is 22.0 Å². The lowest BCUT2D eigenvalue weighted by Gasteiger charge is -2.37. The number of fused-ring (bicyclic) bond motifs is 1. The largest absolute Gasteiger partial charge is 0.451 e. The molecular weight excluding hydrogens is 521 g/mol. The Morgan fingerprint density at radius 2 is 1.72 bits per heavy atom. The van der Waals surface area contributed by atoms with Crippen LogP contribution in [0.2, 0.25) is 0 Å². The lowest BCUT2D eigenvalue weighted by molar-refractivity contribution is -0.145. The average molecular weight is 550 g/mol. The average Bonchev–Trinajstić information content (AvgIpc) is 2.93. The summed E-state index contributed by atoms with van der Waals surface area (Å²) in [5.41, 5.74) is 1.35. The summed E-state index contributed by atoms with van der Waals surface area (Å²) < 4.78 is 66.5. The van der Waals surface area contributed by atoms with Gasteiger partial charge in [0.2, 0.25) is 5.82 Å². The van der Waals surface area contributed by atoms with E-state index in [4.69, 9.17) is 4.98 Å². The van der Waals surface area contributed by atoms with E-state index in [1.807, 2.05) is 18.2 Å². The number of nitrogens with zero attached hydrogens (tertiary/aromatic N) is 5. The topological polar surface area (TPSA) is 86.3 Å². The molecule has 0 spiro atoms. The van der Waals surface area contributed by atoms with Crippen molar-refractivity contribution in [1.82, 2.24) is 30.5 Å². The molecular formula is C26H28F5N7O. The van der Waals surface area contributed by atoms with E-state index in [2.05, 4.69) is 25.5 Å². The summed E-state index contributed by atoms with van der Waals surface area (Å²) in [6, 6.07) is 8.28. The SMILES string of the molecule is O=C(NCC(c1cnc(C(F)(F)F)nc1)N1CCC(F)(F)CC1)c1cccc2nc(N3CCNCC3)ccc12. The normalized spacial score (nSPS) is 19.2. The molecule has 8 nitrogen and oxygen atoms in total. The molecule has 5 rings (SSSR count). The Kier molecular flexibility index (Phi) is 7.63. The number of pyridine rings is 1. The van der Waals surface area contributed by atoms with Crippen molar-refractivity contribution >= 4 is 22.6 Å². The van der Waals surface area contributed by atoms with Crippen LogP contribution in [-0.2, 0) is 6.18 Å². The molecule has 1 amide bonds. The maximum Gasteiger partial charge on any atom is 0.451 e. The van der Waals surface area contributed by atoms with E-state index >= 15 is 0 Å². The number of amides is 1. The Hall–Kier alpha value is -3.45. The summed E-state index contributed by atoms with van der Waals surface area (Å²) in [7, 11) is 0. The molecule has 2 aliphatic heterocycles. The van der Waals surface area contributed by atoms with E-state index in [1.54, 1.807) is 17.0 Å². The molecule has 1 aromatic carbocycles. The zero-order chi connectivity index (χ0) is 27.6. The maximum atomic E-state index is 13.8. The van der Waals surface area contributed by atoms with Gasteiger partial charge in [0.15, 0.2) is 0 Å². The van der Waals surface area contributed by atoms with Crippen LogP contribution >= 0.6 is 0 Å². The number of benzene rings is 1. The van der Waals surface area contributed by atoms with E-state index < -0.39 is 29.9 Å². The number of carbonyl (C=O) groups is 1. The second-order valence-electron chi connectivity index (χ2n) is 9.73. The van der Waals surface area contributed by atoms with E-state index in [-0.39, 0.29) is 32.5 Å². The van der Waals surface area contributed by atoms with Crippen LogP contribution in [0.5, 0.6) is 0 Å². The molecule has 0 saturated carbocycles. The number of nitrogens with one attached hydrogen (secondary N) is 2. The molecule has 208 valence electrons. The van der Waals surface area contributed by atoms with Gasteiger partial charge in [-0.15, -0.1) is 0 Å². The highest BCUT2D eigenvalue weighted by Crippen LogP contribution is 2.33. The van der Waals surface area contributed by atoms with Gasteiger partial charge >= 0.3 is 6.18 Å². The smallest absolute Gasteiger partial charge is 0.354 e. The number of carbonyl (C=O) groups excluding carboxylic acids is 1. The van der Waals surface area contributed by atoms with Crippen LogP contribution in [0.15, 0.2) is 42.7 Å². The number of piperidine rings is 1. The summed E-state index contributed by atoms with van der Waals surface area (Å²) in [6.07, 6.45) is -3.40. The summed E-state index contributed by atoms with van der Waals surface area (Å²) in [4.78, 5) is 28.7. The fourth-order valence-electron chi connectivity index (χ4n) is 4.97. The highest BCUT2D eigenvalue weighted by molar-refractivity contribution is 6.06. The van der Waals surface area contributed by atoms with Crippen molar-refractivity contribution in [2.24, 2.45) is 0 Å². The fraction of sp³-hybridized carbons (Fsp3) is 0.462. The van der Waals surface area contributed by atoms with Gasteiger partial charge in [0.05, 0.1) is 11.6 Å². The van der Waals surface area contributed by atoms with Gasteiger partial charge in [-0.05, 0) is 24.3 Å². The Morgan fingerprint density at radius 1 is 1.03 bits per heavy atom. The summed E-state index contributed by atoms with van der Waals surface area (Å²) in [5.74, 6) is -3.67. The first-order chi connectivity index (χ1) is 18.6. The molecule has 2 N–H and O–H groups in total. The van der Waals surface area contributed by atoms with Crippen LogP contribution in [0.4, 0.5) is 27.8 Å². The summed E-state index contributed by atoms with van der Waals surface area (Å²) >= 11 is 0. The number of hydrogen-bond acceptors (Lipinski definition) is 7. The van der Waals surface area contributed by atoms with E-state index in [0.717, 1.165) is 44.4 Å². The standard InChI is InChI=1S/C26H28F5N7O/c27-25(28)6-10-37(11-7-25)21(17-14-34-24(35-15-17)26(29,30)31)16-33-23(39)19-2-1-3-20-18(19)4-5-22(36-20)38-12-8-32-9-13-38/h1-5,14-15,21,32H,6-13,16H2,(H,33,39). The van der Waals surface area contributed by atoms with Crippen molar-refractivity contribution in [3.05, 3.63) is 59.7 Å². The molecule has 2 saturated heterocycles. The van der Waals surface area contributed by atoms with Crippen LogP contribution in [-0.4, -0.2) is 77.5 Å². The van der Waals surface area contributed by atoms with Crippen molar-refractivity contribution in [3.8, 4) is 0 Å². The minimum absolute atomic E-state index is 0.0154. The molecule has 4 heterocycles. The first-order valence-corrected chi connectivity index (χ1v) is 12.8. The fourth-order valence-corrected chi connectivity index (χ4v) is 4.97. The van der Waals surface area contributed by atoms with Crippen LogP contribution < -0.4 is 15.5 Å². The number of halogens is 5. The number of likely N-dealkylation sites (tertiary alicyclic amines) is 1. The quantitative estimate of drug-likeness (QED) is 0.454. The zero-order valence-corrected chi connectivity index (χ0v) is 21.0. The molecule has 1 atom stereocenters. The van der Waals surface area contributed by atoms with Crippen molar-refractivity contribution in [1.29, 1.82) is 0 Å². The van der Waals surface area contributed by atoms with E-state index in [9.17, 15) is 26.7 Å². The molecule has 2 aromatic heterocycles. The second kappa shape index (κ2) is 11.0. The molecule has 13 heteroatoms. The first-order valence-electron chi connectivity index (χ1n) is 12.8. The summed E-state index contributed by atoms with van der Waals surface area (Å²) in [5, 5.41) is 6.79. The van der Waals surface area contributed by atoms with Gasteiger partial charge in [0, 0.05) is 87.6 Å². The molecule has 2 fully saturated rings. The van der Waals surface area contributed by atoms with Crippen LogP contribution in [0, 0.1) is 0 Å². The van der Waals surface area contributed by atoms with Gasteiger partial charge in [0.25, 0.3) is 11.8 Å². The molecule has 2 aliphatic rings. The van der Waals surface area contributed by atoms with Crippen molar-refractivity contribution < 1.29 is 26.7 Å². The maximum absolute atomic E-state index is 13.8. The van der Waals surface area contributed by atoms with Crippen molar-refractivity contribution in [2.45, 2.75) is 31.0 Å². The van der Waals surface area contributed by atoms with Crippen LogP contribution in [0.25, 0.3) is 10.9 Å². The van der Waals surface area contributed by atoms with Gasteiger partial charge in [0.1, 0.15) is 5.82 Å². The molecule has 0 aliphatic carbocycles. The predicted molar refractivity (Wildman–Crippen MR) is 135 cm³/mol. The third kappa shape index (κ3) is 6.25. The number of anilines is 1.